The average molecular weight is 2130 g/mol. The molecule has 776 valence electrons. The number of nitrogens with one attached hydrogen (secondary N) is 3. The van der Waals surface area contributed by atoms with E-state index in [0.29, 0.717) is 107 Å². The Morgan fingerprint density at radius 1 is 0.407 bits per heavy atom. The van der Waals surface area contributed by atoms with Crippen LogP contribution in [0.5, 0.6) is 0 Å². The van der Waals surface area contributed by atoms with Crippen LogP contribution < -0.4 is 55.3 Å². The van der Waals surface area contributed by atoms with E-state index in [1.54, 1.807) is 72.2 Å². The molecule has 34 heteroatoms. The van der Waals surface area contributed by atoms with Gasteiger partial charge in [-0.2, -0.15) is 5.26 Å². The van der Waals surface area contributed by atoms with Crippen molar-refractivity contribution >= 4 is 144 Å². The van der Waals surface area contributed by atoms with Crippen molar-refractivity contribution in [2.75, 3.05) is 118 Å². The van der Waals surface area contributed by atoms with Crippen molar-refractivity contribution in [3.05, 3.63) is 378 Å². The maximum Gasteiger partial charge on any atom is 0.410 e. The average Bonchev–Trinajstić information content (AvgIpc) is 1.63. The first-order valence-electron chi connectivity index (χ1n) is 49.7. The van der Waals surface area contributed by atoms with E-state index in [2.05, 4.69) is 145 Å². The van der Waals surface area contributed by atoms with Gasteiger partial charge in [-0.3, -0.25) is 20.1 Å². The van der Waals surface area contributed by atoms with Gasteiger partial charge in [-0.1, -0.05) is 136 Å². The van der Waals surface area contributed by atoms with Crippen LogP contribution in [0.25, 0.3) is 24.2 Å². The molecule has 12 bridgehead atoms. The van der Waals surface area contributed by atoms with Crippen LogP contribution in [-0.4, -0.2) is 211 Å². The molecule has 12 heterocycles. The highest BCUT2D eigenvalue weighted by Gasteiger charge is 2.50. The number of carbonyl (C=O) groups is 4. The second-order valence-electron chi connectivity index (χ2n) is 40.5. The van der Waals surface area contributed by atoms with Crippen molar-refractivity contribution in [1.29, 1.82) is 5.26 Å². The summed E-state index contributed by atoms with van der Waals surface area (Å²) < 4.78 is 23.8. The number of rotatable bonds is 11. The smallest absolute Gasteiger partial charge is 0.410 e. The minimum atomic E-state index is -0.893. The van der Waals surface area contributed by atoms with Crippen LogP contribution in [0.15, 0.2) is 277 Å². The van der Waals surface area contributed by atoms with Gasteiger partial charge in [-0.15, -0.1) is 24.8 Å². The standard InChI is InChI=1S/C19H18N4O2.C19H17N3O2.C19H19N3.C17H21N3O2.C12H13N3.C10H18N2O2.C7H4BrN.C7H7F.C6H5NO2.2ClH/c1-20-14-3-2-4-16(9-14)23-12-17-10-18(23)11-22(17)15-7-5-13(6-8-15)19(24)21-25;1-20-14-3-2-4-16(9-14)22-12-17-10-18(22)11-21(17)15-7-5-13(6-8-15)19(23)24;1-14-6-8-16(9-7-14)21-12-19-11-18(21)13-22(19)17-5-3-4-15(10-17)20-2;1-17(2,3)22-16(21)20-11-14-9-15(20)10-19(14)13-7-5-6-12(8-13)18-4;1-13-9-3-2-4-11(5-9)15-8-10-6-12(15)7-14-10;1-10(2,3)14-9(13)12-6-7-4-8(12)5-11-7;8-7-3-1-2-6(4-7)5-9;1-6-2-4-7(8)5-3-6;8-7(9)6-4-2-1-3-5-6;;/h2-9,17-18,25H,10-12H2,(H,21,24);2-9,17-18H,10-12H2,(H,23,24);3-10,18-19H,11-13H2,1H3;5-8,14-15H,9-11H2,1-3H3;2-5,10,12,14H,6-8H2;7-8,11H,4-6H2,1-3H3;1-4H;2-5H,1H3;1-5H;2*1H/t2*17-,18-;18-,19-;14-,15-;10-,12-;;;;;;/m00000....../s1. The molecule has 12 saturated heterocycles. The van der Waals surface area contributed by atoms with E-state index >= 15 is 0 Å². The minimum absolute atomic E-state index is 0. The summed E-state index contributed by atoms with van der Waals surface area (Å²) in [6, 6.07) is 91.7. The lowest BCUT2D eigenvalue weighted by Crippen LogP contribution is -2.50. The minimum Gasteiger partial charge on any atom is -0.478 e. The van der Waals surface area contributed by atoms with Crippen LogP contribution in [0.3, 0.4) is 0 Å². The van der Waals surface area contributed by atoms with E-state index in [0.717, 1.165) is 148 Å². The zero-order valence-electron chi connectivity index (χ0n) is 85.0. The molecule has 0 saturated carbocycles. The number of nitro benzene ring substituents is 1. The fraction of sp³-hybridized carbons (Fsp3) is 0.345. The summed E-state index contributed by atoms with van der Waals surface area (Å²) in [4.78, 5) is 96.5. The molecule has 12 aliphatic heterocycles. The number of likely N-dealkylation sites (tertiary alicyclic amines) is 2. The molecular formula is C116H124BrCl2FN20O10. The lowest BCUT2D eigenvalue weighted by molar-refractivity contribution is -0.384. The van der Waals surface area contributed by atoms with Crippen molar-refractivity contribution in [3.63, 3.8) is 0 Å². The molecule has 12 atom stereocenters. The van der Waals surface area contributed by atoms with Gasteiger partial charge in [0.05, 0.1) is 61.0 Å². The molecule has 30 nitrogen and oxygen atoms in total. The maximum absolute atomic E-state index is 12.2. The first kappa shape index (κ1) is 112. The topological polar surface area (TPSA) is 284 Å². The highest BCUT2D eigenvalue weighted by molar-refractivity contribution is 9.10. The van der Waals surface area contributed by atoms with Gasteiger partial charge in [0.1, 0.15) is 17.0 Å². The van der Waals surface area contributed by atoms with Gasteiger partial charge in [-0.25, -0.2) is 48.5 Å². The fourth-order valence-electron chi connectivity index (χ4n) is 21.2. The van der Waals surface area contributed by atoms with Crippen molar-refractivity contribution in [3.8, 4) is 6.07 Å². The Kier molecular flexibility index (Phi) is 37.9. The van der Waals surface area contributed by atoms with E-state index in [-0.39, 0.29) is 60.1 Å². The molecule has 23 rings (SSSR count). The molecule has 5 N–H and O–H groups in total. The molecule has 12 aliphatic rings. The molecule has 0 spiro atoms. The van der Waals surface area contributed by atoms with Gasteiger partial charge in [-0.05, 0) is 246 Å². The van der Waals surface area contributed by atoms with Crippen molar-refractivity contribution < 1.29 is 48.3 Å². The number of carbonyl (C=O) groups excluding carboxylic acids is 3. The molecule has 0 aliphatic carbocycles. The number of hydroxylamine groups is 1. The number of nitriles is 1. The first-order valence-corrected chi connectivity index (χ1v) is 50.5. The van der Waals surface area contributed by atoms with Crippen molar-refractivity contribution in [2.45, 2.75) is 178 Å². The predicted molar refractivity (Wildman–Crippen MR) is 595 cm³/mol. The summed E-state index contributed by atoms with van der Waals surface area (Å²) in [6.45, 7) is 62.4. The number of ether oxygens (including phenoxy) is 2. The van der Waals surface area contributed by atoms with E-state index < -0.39 is 22.4 Å². The molecule has 0 radical (unpaired) electrons. The number of para-hydroxylation sites is 1. The number of nitro groups is 1. The molecule has 0 aromatic heterocycles. The lowest BCUT2D eigenvalue weighted by Gasteiger charge is -2.37. The number of aromatic carboxylic acids is 1. The number of hydrogen-bond donors (Lipinski definition) is 5. The third kappa shape index (κ3) is 28.7. The number of amides is 3. The number of carboxylic acid groups (broad SMARTS) is 1. The summed E-state index contributed by atoms with van der Waals surface area (Å²) in [5.41, 5.74) is 17.5. The Morgan fingerprint density at radius 2 is 0.727 bits per heavy atom. The van der Waals surface area contributed by atoms with Gasteiger partial charge in [0.25, 0.3) is 11.6 Å². The molecular weight excluding hydrogens is 2000 g/mol. The quantitative estimate of drug-likeness (QED) is 0.0348. The second kappa shape index (κ2) is 50.9. The molecule has 11 aromatic rings. The Balaban J connectivity index is 0.000000144. The van der Waals surface area contributed by atoms with Crippen LogP contribution >= 0.6 is 40.7 Å². The first-order chi connectivity index (χ1) is 71.2. The maximum atomic E-state index is 12.2. The number of anilines is 8. The number of fused-ring (bicyclic) bond motifs is 12. The van der Waals surface area contributed by atoms with Crippen LogP contribution in [0, 0.1) is 74.0 Å². The third-order valence-corrected chi connectivity index (χ3v) is 28.6. The molecule has 150 heavy (non-hydrogen) atoms. The Hall–Kier alpha value is -15.5. The summed E-state index contributed by atoms with van der Waals surface area (Å²) in [5, 5.41) is 42.9. The van der Waals surface area contributed by atoms with E-state index in [9.17, 15) is 33.7 Å². The Labute approximate surface area is 897 Å². The van der Waals surface area contributed by atoms with E-state index in [1.165, 1.54) is 59.7 Å². The highest BCUT2D eigenvalue weighted by Crippen LogP contribution is 2.44. The van der Waals surface area contributed by atoms with Crippen LogP contribution in [-0.2, 0) is 9.47 Å². The number of halogens is 4. The molecule has 12 fully saturated rings. The number of benzene rings is 11. The molecule has 3 amide bonds. The highest BCUT2D eigenvalue weighted by atomic mass is 79.9. The summed E-state index contributed by atoms with van der Waals surface area (Å²) >= 11 is 3.25. The monoisotopic (exact) mass is 2120 g/mol. The van der Waals surface area contributed by atoms with E-state index in [4.69, 9.17) is 57.9 Å². The van der Waals surface area contributed by atoms with Crippen molar-refractivity contribution in [2.24, 2.45) is 0 Å². The Bertz CT molecular complexity index is 6770. The fourth-order valence-corrected chi connectivity index (χ4v) is 21.6. The van der Waals surface area contributed by atoms with Crippen molar-refractivity contribution in [1.82, 2.24) is 25.9 Å². The van der Waals surface area contributed by atoms with Gasteiger partial charge in [0.2, 0.25) is 0 Å². The number of aryl methyl sites for hydroxylation is 2. The Morgan fingerprint density at radius 3 is 1.01 bits per heavy atom. The van der Waals surface area contributed by atoms with Crippen LogP contribution in [0.2, 0.25) is 0 Å². The lowest BCUT2D eigenvalue weighted by atomic mass is 10.1. The predicted octanol–water partition coefficient (Wildman–Crippen LogP) is 23.3. The number of piperazine rings is 6. The van der Waals surface area contributed by atoms with Gasteiger partial charge in [0, 0.05) is 213 Å². The zero-order chi connectivity index (χ0) is 105. The normalized spacial score (nSPS) is 21.1. The second-order valence-corrected chi connectivity index (χ2v) is 41.4. The van der Waals surface area contributed by atoms with Gasteiger partial charge in [0.15, 0.2) is 28.4 Å². The summed E-state index contributed by atoms with van der Waals surface area (Å²) in [6.07, 6.45) is 6.35. The number of hydrogen-bond acceptors (Lipinski definition) is 20. The van der Waals surface area contributed by atoms with Crippen LogP contribution in [0.1, 0.15) is 117 Å². The summed E-state index contributed by atoms with van der Waals surface area (Å²) in [5.74, 6) is -1.56. The third-order valence-electron chi connectivity index (χ3n) is 28.1. The zero-order valence-corrected chi connectivity index (χ0v) is 88.2. The number of non-ortho nitro benzene ring substituents is 1. The molecule has 11 aromatic carbocycles. The summed E-state index contributed by atoms with van der Waals surface area (Å²) in [7, 11) is 0. The number of nitrogens with zero attached hydrogens (tertiary/aromatic N) is 17. The van der Waals surface area contributed by atoms with E-state index in [1.807, 2.05) is 198 Å². The van der Waals surface area contributed by atoms with Gasteiger partial charge < -0.3 is 74.2 Å². The SMILES string of the molecule is CC(C)(C)OC(=O)N1CC2CC1CN2.Cc1ccc(F)cc1.Cl.Cl.N#Cc1cccc(Br)c1.O=[N+]([O-])c1ccccc1.[C-]#[N+]c1cccc(N2C[C@@H]3C[C@H]2CN3)c1.[C-]#[N+]c1cccc(N2C[C@@H]3C[C@H]2CN3C(=O)OC(C)(C)C)c1.[C-]#[N+]c1cccc(N2C[C@@H]3C[C@H]2CN3c2ccc(C(=O)NO)cc2)c1.[C-]#[N+]c1cccc(N2C[C@@H]3C[C@H]2CN3c2ccc(C(=O)O)cc2)c1.[C-]#[N+]c1cccc(N2C[C@@H]3C[C@H]2CN3c2ccc(C)cc2)c1. The molecule has 2 unspecified atom stereocenters. The number of carboxylic acids is 1. The van der Waals surface area contributed by atoms with Crippen LogP contribution in [0.4, 0.5) is 93.6 Å². The van der Waals surface area contributed by atoms with Gasteiger partial charge >= 0.3 is 18.2 Å². The largest absolute Gasteiger partial charge is 0.478 e.